The fourth-order valence-electron chi connectivity index (χ4n) is 3.67. The van der Waals surface area contributed by atoms with Crippen LogP contribution >= 0.6 is 11.3 Å². The number of thiazole rings is 1. The summed E-state index contributed by atoms with van der Waals surface area (Å²) in [7, 11) is 0. The quantitative estimate of drug-likeness (QED) is 0.484. The summed E-state index contributed by atoms with van der Waals surface area (Å²) in [5.41, 5.74) is 1.22. The van der Waals surface area contributed by atoms with Gasteiger partial charge in [-0.1, -0.05) is 11.3 Å². The Morgan fingerprint density at radius 2 is 1.94 bits per heavy atom. The number of furan rings is 1. The Bertz CT molecular complexity index is 1250. The molecule has 158 valence electrons. The summed E-state index contributed by atoms with van der Waals surface area (Å²) in [6.07, 6.45) is 2.45. The number of ether oxygens (including phenoxy) is 1. The Kier molecular flexibility index (Phi) is 5.03. The summed E-state index contributed by atoms with van der Waals surface area (Å²) in [6.45, 7) is 3.86. The van der Waals surface area contributed by atoms with Gasteiger partial charge in [-0.15, -0.1) is 0 Å². The topological polar surface area (TPSA) is 88.8 Å². The number of pyridine rings is 1. The van der Waals surface area contributed by atoms with Crippen molar-refractivity contribution in [2.45, 2.75) is 13.3 Å². The minimum absolute atomic E-state index is 0.0365. The highest BCUT2D eigenvalue weighted by Gasteiger charge is 2.24. The minimum atomic E-state index is -0.165. The molecule has 2 amide bonds. The number of fused-ring (bicyclic) bond motifs is 2. The van der Waals surface area contributed by atoms with Gasteiger partial charge in [0, 0.05) is 50.8 Å². The number of hydrogen-bond donors (Lipinski definition) is 0. The van der Waals surface area contributed by atoms with E-state index in [2.05, 4.69) is 9.97 Å². The molecule has 0 aliphatic carbocycles. The van der Waals surface area contributed by atoms with E-state index in [0.717, 1.165) is 16.5 Å². The second-order valence-electron chi connectivity index (χ2n) is 7.37. The maximum Gasteiger partial charge on any atom is 0.289 e. The predicted octanol–water partition coefficient (Wildman–Crippen LogP) is 3.92. The van der Waals surface area contributed by atoms with Crippen LogP contribution < -0.4 is 4.74 Å². The monoisotopic (exact) mass is 436 g/mol. The highest BCUT2D eigenvalue weighted by Crippen LogP contribution is 2.32. The lowest BCUT2D eigenvalue weighted by Crippen LogP contribution is -2.36. The van der Waals surface area contributed by atoms with Crippen LogP contribution in [0, 0.1) is 0 Å². The van der Waals surface area contributed by atoms with Crippen LogP contribution in [-0.4, -0.2) is 57.8 Å². The molecule has 1 aromatic carbocycles. The first-order valence-electron chi connectivity index (χ1n) is 10.0. The van der Waals surface area contributed by atoms with Crippen LogP contribution in [0.1, 0.15) is 23.9 Å². The van der Waals surface area contributed by atoms with Crippen molar-refractivity contribution >= 4 is 44.5 Å². The third-order valence-electron chi connectivity index (χ3n) is 5.28. The highest BCUT2D eigenvalue weighted by molar-refractivity contribution is 7.20. The highest BCUT2D eigenvalue weighted by atomic mass is 32.1. The summed E-state index contributed by atoms with van der Waals surface area (Å²) in [4.78, 5) is 36.7. The standard InChI is InChI=1S/C22H20N4O4S/c1-14(27)25-8-3-9-26(11-10-25)21(28)18-12-15-5-6-16(13-17(15)30-18)29-22-24-20-19(31-22)4-2-7-23-20/h2,4-7,12-13H,3,8-11H2,1H3. The van der Waals surface area contributed by atoms with Gasteiger partial charge in [0.1, 0.15) is 11.3 Å². The molecule has 0 radical (unpaired) electrons. The first kappa shape index (κ1) is 19.5. The van der Waals surface area contributed by atoms with Crippen LogP contribution in [-0.2, 0) is 4.79 Å². The molecule has 0 saturated carbocycles. The molecule has 0 bridgehead atoms. The van der Waals surface area contributed by atoms with Crippen LogP contribution in [0.5, 0.6) is 10.9 Å². The lowest BCUT2D eigenvalue weighted by Gasteiger charge is -2.20. The van der Waals surface area contributed by atoms with E-state index in [4.69, 9.17) is 9.15 Å². The first-order valence-corrected chi connectivity index (χ1v) is 10.9. The van der Waals surface area contributed by atoms with Crippen molar-refractivity contribution in [2.75, 3.05) is 26.2 Å². The van der Waals surface area contributed by atoms with Crippen LogP contribution in [0.2, 0.25) is 0 Å². The molecule has 1 aliphatic heterocycles. The Balaban J connectivity index is 1.34. The van der Waals surface area contributed by atoms with Gasteiger partial charge in [0.05, 0.1) is 4.70 Å². The second-order valence-corrected chi connectivity index (χ2v) is 8.36. The maximum absolute atomic E-state index is 13.0. The molecule has 0 spiro atoms. The van der Waals surface area contributed by atoms with Crippen LogP contribution in [0.3, 0.4) is 0 Å². The average Bonchev–Trinajstić information content (AvgIpc) is 3.28. The molecule has 9 heteroatoms. The zero-order valence-corrected chi connectivity index (χ0v) is 17.7. The Hall–Kier alpha value is -3.46. The van der Waals surface area contributed by atoms with Gasteiger partial charge < -0.3 is 19.0 Å². The summed E-state index contributed by atoms with van der Waals surface area (Å²) in [6, 6.07) is 11.0. The fourth-order valence-corrected chi connectivity index (χ4v) is 4.46. The van der Waals surface area contributed by atoms with E-state index in [0.29, 0.717) is 48.4 Å². The van der Waals surface area contributed by atoms with Crippen molar-refractivity contribution in [3.63, 3.8) is 0 Å². The zero-order valence-electron chi connectivity index (χ0n) is 16.9. The summed E-state index contributed by atoms with van der Waals surface area (Å²) < 4.78 is 12.7. The third kappa shape index (κ3) is 3.96. The van der Waals surface area contributed by atoms with Crippen LogP contribution in [0.15, 0.2) is 47.0 Å². The number of aromatic nitrogens is 2. The third-order valence-corrected chi connectivity index (χ3v) is 6.17. The van der Waals surface area contributed by atoms with Crippen molar-refractivity contribution in [3.05, 3.63) is 48.4 Å². The fraction of sp³-hybridized carbons (Fsp3) is 0.273. The number of benzene rings is 1. The minimum Gasteiger partial charge on any atom is -0.451 e. The smallest absolute Gasteiger partial charge is 0.289 e. The van der Waals surface area contributed by atoms with E-state index in [1.54, 1.807) is 35.1 Å². The molecule has 4 heterocycles. The van der Waals surface area contributed by atoms with Gasteiger partial charge >= 0.3 is 0 Å². The molecule has 1 fully saturated rings. The number of amides is 2. The van der Waals surface area contributed by atoms with Gasteiger partial charge in [0.15, 0.2) is 11.4 Å². The summed E-state index contributed by atoms with van der Waals surface area (Å²) in [5.74, 6) is 0.732. The van der Waals surface area contributed by atoms with Gasteiger partial charge in [0.2, 0.25) is 5.91 Å². The van der Waals surface area contributed by atoms with Gasteiger partial charge in [-0.2, -0.15) is 4.98 Å². The summed E-state index contributed by atoms with van der Waals surface area (Å²) in [5, 5.41) is 1.32. The molecule has 5 rings (SSSR count). The van der Waals surface area contributed by atoms with E-state index >= 15 is 0 Å². The van der Waals surface area contributed by atoms with Gasteiger partial charge in [-0.25, -0.2) is 4.98 Å². The second kappa shape index (κ2) is 7.99. The SMILES string of the molecule is CC(=O)N1CCCN(C(=O)c2cc3ccc(Oc4nc5ncccc5s4)cc3o2)CC1. The maximum atomic E-state index is 13.0. The number of rotatable bonds is 3. The van der Waals surface area contributed by atoms with E-state index in [9.17, 15) is 9.59 Å². The van der Waals surface area contributed by atoms with Crippen LogP contribution in [0.25, 0.3) is 21.3 Å². The van der Waals surface area contributed by atoms with E-state index < -0.39 is 0 Å². The van der Waals surface area contributed by atoms with Crippen molar-refractivity contribution in [1.82, 2.24) is 19.8 Å². The van der Waals surface area contributed by atoms with Crippen molar-refractivity contribution in [2.24, 2.45) is 0 Å². The summed E-state index contributed by atoms with van der Waals surface area (Å²) >= 11 is 1.42. The van der Waals surface area contributed by atoms with E-state index in [1.165, 1.54) is 11.3 Å². The van der Waals surface area contributed by atoms with Crippen molar-refractivity contribution in [3.8, 4) is 10.9 Å². The van der Waals surface area contributed by atoms with Gasteiger partial charge in [0.25, 0.3) is 11.1 Å². The van der Waals surface area contributed by atoms with E-state index in [-0.39, 0.29) is 17.6 Å². The lowest BCUT2D eigenvalue weighted by molar-refractivity contribution is -0.128. The molecule has 0 atom stereocenters. The zero-order chi connectivity index (χ0) is 21.4. The Morgan fingerprint density at radius 1 is 1.10 bits per heavy atom. The van der Waals surface area contributed by atoms with Crippen molar-refractivity contribution in [1.29, 1.82) is 0 Å². The number of carbonyl (C=O) groups is 2. The van der Waals surface area contributed by atoms with Crippen molar-refractivity contribution < 1.29 is 18.7 Å². The first-order chi connectivity index (χ1) is 15.1. The Labute approximate surface area is 182 Å². The molecular weight excluding hydrogens is 416 g/mol. The molecule has 4 aromatic rings. The van der Waals surface area contributed by atoms with E-state index in [1.807, 2.05) is 24.3 Å². The predicted molar refractivity (Wildman–Crippen MR) is 116 cm³/mol. The molecule has 8 nitrogen and oxygen atoms in total. The molecular formula is C22H20N4O4S. The Morgan fingerprint density at radius 3 is 2.77 bits per heavy atom. The number of nitrogens with zero attached hydrogens (tertiary/aromatic N) is 4. The molecule has 0 N–H and O–H groups in total. The molecule has 0 unspecified atom stereocenters. The molecule has 1 aliphatic rings. The normalized spacial score (nSPS) is 14.7. The van der Waals surface area contributed by atoms with Gasteiger partial charge in [-0.05, 0) is 36.8 Å². The van der Waals surface area contributed by atoms with Crippen LogP contribution in [0.4, 0.5) is 0 Å². The molecule has 3 aromatic heterocycles. The number of hydrogen-bond acceptors (Lipinski definition) is 7. The largest absolute Gasteiger partial charge is 0.451 e. The molecule has 31 heavy (non-hydrogen) atoms. The molecule has 1 saturated heterocycles. The van der Waals surface area contributed by atoms with Gasteiger partial charge in [-0.3, -0.25) is 9.59 Å². The average molecular weight is 436 g/mol. The lowest BCUT2D eigenvalue weighted by atomic mass is 10.2. The number of carbonyl (C=O) groups excluding carboxylic acids is 2.